The number of hydrogen-bond acceptors (Lipinski definition) is 0. The van der Waals surface area contributed by atoms with Gasteiger partial charge in [0.25, 0.3) is 0 Å². The number of halogens is 2. The molecule has 0 aliphatic heterocycles. The minimum Gasteiger partial charge on any atom is -0.412 e. The normalized spacial score (nSPS) is 23.5. The van der Waals surface area contributed by atoms with Crippen LogP contribution in [-0.4, -0.2) is 12.2 Å². The van der Waals surface area contributed by atoms with Crippen molar-refractivity contribution in [2.45, 2.75) is 73.1 Å². The molecule has 0 aromatic rings. The molecule has 120 valence electrons. The van der Waals surface area contributed by atoms with Gasteiger partial charge in [-0.3, -0.25) is 9.09 Å². The average molecular weight is 282 g/mol. The zero-order valence-electron chi connectivity index (χ0n) is 13.5. The van der Waals surface area contributed by atoms with Crippen LogP contribution in [-0.2, 0) is 0 Å². The van der Waals surface area contributed by atoms with E-state index >= 15 is 0 Å². The van der Waals surface area contributed by atoms with Crippen molar-refractivity contribution in [2.75, 3.05) is 6.67 Å². The second-order valence-electron chi connectivity index (χ2n) is 6.60. The van der Waals surface area contributed by atoms with Crippen LogP contribution in [0.25, 0.3) is 0 Å². The Bertz CT molecular complexity index is 156. The third kappa shape index (κ3) is 15.8. The fourth-order valence-electron chi connectivity index (χ4n) is 2.12. The van der Waals surface area contributed by atoms with Crippen LogP contribution in [0, 0.1) is 23.7 Å². The zero-order chi connectivity index (χ0) is 13.3. The molecule has 1 nitrogen and oxygen atoms in total. The smallest absolute Gasteiger partial charge is 0.0919 e. The largest absolute Gasteiger partial charge is 0.412 e. The summed E-state index contributed by atoms with van der Waals surface area (Å²) in [6, 6.07) is 0. The molecule has 1 aliphatic carbocycles. The lowest BCUT2D eigenvalue weighted by atomic mass is 9.84. The maximum atomic E-state index is 11.8. The number of rotatable bonds is 4. The minimum atomic E-state index is -0.160. The third-order valence-corrected chi connectivity index (χ3v) is 3.80. The van der Waals surface area contributed by atoms with Crippen LogP contribution in [0.2, 0.25) is 0 Å². The molecule has 1 saturated carbocycles. The second-order valence-corrected chi connectivity index (χ2v) is 6.60. The lowest BCUT2D eigenvalue weighted by molar-refractivity contribution is 0.308. The first-order valence-electron chi connectivity index (χ1n) is 7.51. The quantitative estimate of drug-likeness (QED) is 0.679. The highest BCUT2D eigenvalue weighted by atomic mass is 19.1. The second kappa shape index (κ2) is 14.2. The van der Waals surface area contributed by atoms with Crippen molar-refractivity contribution >= 4 is 0 Å². The van der Waals surface area contributed by atoms with Gasteiger partial charge in [0.1, 0.15) is 0 Å². The van der Waals surface area contributed by atoms with E-state index in [0.29, 0.717) is 0 Å². The minimum absolute atomic E-state index is 0. The van der Waals surface area contributed by atoms with E-state index in [1.54, 1.807) is 0 Å². The molecule has 1 fully saturated rings. The summed E-state index contributed by atoms with van der Waals surface area (Å²) in [5, 5.41) is 0. The van der Waals surface area contributed by atoms with Gasteiger partial charge in [-0.2, -0.15) is 0 Å². The summed E-state index contributed by atoms with van der Waals surface area (Å²) >= 11 is 0. The Morgan fingerprint density at radius 2 is 1.26 bits per heavy atom. The number of hydrogen-bond donors (Lipinski definition) is 0. The van der Waals surface area contributed by atoms with Crippen molar-refractivity contribution in [1.82, 2.24) is 0 Å². The highest BCUT2D eigenvalue weighted by Gasteiger charge is 2.13. The van der Waals surface area contributed by atoms with Gasteiger partial charge in [0.2, 0.25) is 0 Å². The van der Waals surface area contributed by atoms with Crippen LogP contribution in [0.4, 0.5) is 9.09 Å². The van der Waals surface area contributed by atoms with Crippen molar-refractivity contribution in [1.29, 1.82) is 0 Å². The molecular formula is C16H36F2O. The maximum Gasteiger partial charge on any atom is 0.0919 e. The monoisotopic (exact) mass is 282 g/mol. The summed E-state index contributed by atoms with van der Waals surface area (Å²) in [6.45, 7) is 10.9. The maximum absolute atomic E-state index is 11.8. The first kappa shape index (κ1) is 23.9. The molecule has 2 N–H and O–H groups in total. The van der Waals surface area contributed by atoms with E-state index in [1.165, 1.54) is 25.7 Å². The van der Waals surface area contributed by atoms with E-state index in [4.69, 9.17) is 0 Å². The van der Waals surface area contributed by atoms with Crippen molar-refractivity contribution in [3.05, 3.63) is 0 Å². The Morgan fingerprint density at radius 3 is 1.53 bits per heavy atom. The molecule has 0 aromatic carbocycles. The summed E-state index contributed by atoms with van der Waals surface area (Å²) in [5.74, 6) is 3.03. The molecule has 0 spiro atoms. The van der Waals surface area contributed by atoms with E-state index in [1.807, 2.05) is 6.92 Å². The van der Waals surface area contributed by atoms with Crippen molar-refractivity contribution < 1.29 is 14.6 Å². The Morgan fingerprint density at radius 1 is 0.895 bits per heavy atom. The van der Waals surface area contributed by atoms with E-state index in [2.05, 4.69) is 27.7 Å². The fraction of sp³-hybridized carbons (Fsp3) is 1.00. The van der Waals surface area contributed by atoms with Crippen molar-refractivity contribution in [3.8, 4) is 0 Å². The fourth-order valence-corrected chi connectivity index (χ4v) is 2.12. The van der Waals surface area contributed by atoms with Crippen LogP contribution in [0.1, 0.15) is 73.1 Å². The van der Waals surface area contributed by atoms with Gasteiger partial charge in [0.15, 0.2) is 0 Å². The Labute approximate surface area is 119 Å². The first-order chi connectivity index (χ1) is 7.95. The summed E-state index contributed by atoms with van der Waals surface area (Å²) in [5.41, 5.74) is 0. The van der Waals surface area contributed by atoms with Crippen molar-refractivity contribution in [3.63, 3.8) is 0 Å². The van der Waals surface area contributed by atoms with Crippen LogP contribution in [0.5, 0.6) is 0 Å². The molecule has 0 amide bonds. The molecule has 0 saturated heterocycles. The molecule has 0 bridgehead atoms. The third-order valence-electron chi connectivity index (χ3n) is 3.80. The van der Waals surface area contributed by atoms with Gasteiger partial charge in [-0.05, 0) is 30.1 Å². The number of alkyl halides is 1. The predicted octanol–water partition coefficient (Wildman–Crippen LogP) is 5.19. The van der Waals surface area contributed by atoms with Gasteiger partial charge >= 0.3 is 0 Å². The Kier molecular flexibility index (Phi) is 17.9. The lowest BCUT2D eigenvalue weighted by Crippen LogP contribution is -2.08. The van der Waals surface area contributed by atoms with E-state index < -0.39 is 0 Å². The molecule has 0 aromatic heterocycles. The Balaban J connectivity index is -0.000000244. The predicted molar refractivity (Wildman–Crippen MR) is 82.1 cm³/mol. The summed E-state index contributed by atoms with van der Waals surface area (Å²) in [7, 11) is 0. The molecule has 19 heavy (non-hydrogen) atoms. The van der Waals surface area contributed by atoms with Crippen LogP contribution in [0.15, 0.2) is 0 Å². The molecule has 1 aliphatic rings. The molecule has 1 atom stereocenters. The molecule has 1 unspecified atom stereocenters. The van der Waals surface area contributed by atoms with Crippen molar-refractivity contribution in [2.24, 2.45) is 23.7 Å². The molecule has 0 heterocycles. The summed E-state index contributed by atoms with van der Waals surface area (Å²) in [6.07, 6.45) is 8.09. The van der Waals surface area contributed by atoms with Crippen LogP contribution < -0.4 is 0 Å². The highest BCUT2D eigenvalue weighted by molar-refractivity contribution is 4.65. The van der Waals surface area contributed by atoms with E-state index in [9.17, 15) is 4.39 Å². The molecule has 1 rings (SSSR count). The van der Waals surface area contributed by atoms with Gasteiger partial charge in [-0.25, -0.2) is 0 Å². The van der Waals surface area contributed by atoms with Gasteiger partial charge in [0.05, 0.1) is 6.67 Å². The average Bonchev–Trinajstić information content (AvgIpc) is 2.30. The topological polar surface area (TPSA) is 31.5 Å². The van der Waals surface area contributed by atoms with Gasteiger partial charge in [-0.15, -0.1) is 0 Å². The standard InChI is InChI=1S/C8H17F.C8H16.FH.H2O/c1-7(2)4-5-8(3)6-9;1-7-3-5-8(2)6-4-7;;/h7-8H,4-6H2,1-3H3;7-8H,3-6H2,1-2H3;1H;1H2. The van der Waals surface area contributed by atoms with Gasteiger partial charge in [0, 0.05) is 0 Å². The summed E-state index contributed by atoms with van der Waals surface area (Å²) < 4.78 is 11.8. The highest BCUT2D eigenvalue weighted by Crippen LogP contribution is 2.27. The Hall–Kier alpha value is -0.180. The summed E-state index contributed by atoms with van der Waals surface area (Å²) in [4.78, 5) is 0. The van der Waals surface area contributed by atoms with E-state index in [-0.39, 0.29) is 22.8 Å². The first-order valence-corrected chi connectivity index (χ1v) is 7.51. The van der Waals surface area contributed by atoms with Gasteiger partial charge in [-0.1, -0.05) is 66.7 Å². The lowest BCUT2D eigenvalue weighted by Gasteiger charge is -2.22. The molecule has 3 heteroatoms. The SMILES string of the molecule is CC(C)CCC(C)CF.CC1CCC(C)CC1.F.O. The van der Waals surface area contributed by atoms with Crippen LogP contribution in [0.3, 0.4) is 0 Å². The zero-order valence-corrected chi connectivity index (χ0v) is 13.5. The molecular weight excluding hydrogens is 246 g/mol. The molecule has 0 radical (unpaired) electrons. The van der Waals surface area contributed by atoms with E-state index in [0.717, 1.165) is 30.6 Å². The van der Waals surface area contributed by atoms with Crippen LogP contribution >= 0.6 is 0 Å². The van der Waals surface area contributed by atoms with Gasteiger partial charge < -0.3 is 5.48 Å².